The van der Waals surface area contributed by atoms with E-state index in [1.54, 1.807) is 27.2 Å². The van der Waals surface area contributed by atoms with Gasteiger partial charge < -0.3 is 18.9 Å². The Morgan fingerprint density at radius 1 is 1.26 bits per heavy atom. The summed E-state index contributed by atoms with van der Waals surface area (Å²) in [4.78, 5) is 14.5. The van der Waals surface area contributed by atoms with Crippen LogP contribution in [-0.4, -0.2) is 36.7 Å². The Morgan fingerprint density at radius 2 is 2.04 bits per heavy atom. The number of hydrogen-bond donors (Lipinski definition) is 0. The minimum Gasteiger partial charge on any atom is -0.493 e. The molecule has 1 aromatic carbocycles. The van der Waals surface area contributed by atoms with Gasteiger partial charge in [0, 0.05) is 12.6 Å². The molecule has 6 nitrogen and oxygen atoms in total. The predicted octanol–water partition coefficient (Wildman–Crippen LogP) is 2.98. The van der Waals surface area contributed by atoms with Gasteiger partial charge in [0.05, 0.1) is 20.3 Å². The molecule has 1 unspecified atom stereocenters. The summed E-state index contributed by atoms with van der Waals surface area (Å²) >= 11 is 0. The molecule has 3 rings (SSSR count). The number of rotatable bonds is 4. The molecule has 1 atom stereocenters. The van der Waals surface area contributed by atoms with Crippen LogP contribution in [0, 0.1) is 6.92 Å². The van der Waals surface area contributed by atoms with Crippen molar-refractivity contribution in [2.75, 3.05) is 20.8 Å². The van der Waals surface area contributed by atoms with Crippen LogP contribution in [0.5, 0.6) is 11.5 Å². The Morgan fingerprint density at radius 3 is 2.70 bits per heavy atom. The second kappa shape index (κ2) is 6.32. The van der Waals surface area contributed by atoms with Crippen LogP contribution in [0.3, 0.4) is 0 Å². The fraction of sp³-hybridized carbons (Fsp3) is 0.412. The van der Waals surface area contributed by atoms with Crippen molar-refractivity contribution < 1.29 is 18.8 Å². The molecule has 23 heavy (non-hydrogen) atoms. The van der Waals surface area contributed by atoms with Crippen LogP contribution < -0.4 is 9.47 Å². The Labute approximate surface area is 135 Å². The first-order valence-electron chi connectivity index (χ1n) is 7.60. The molecule has 1 aliphatic rings. The van der Waals surface area contributed by atoms with Crippen LogP contribution in [0.25, 0.3) is 0 Å². The molecule has 0 aliphatic carbocycles. The van der Waals surface area contributed by atoms with Gasteiger partial charge in [-0.1, -0.05) is 11.2 Å². The first-order valence-corrected chi connectivity index (χ1v) is 7.60. The average Bonchev–Trinajstić information content (AvgIpc) is 3.22. The highest BCUT2D eigenvalue weighted by molar-refractivity contribution is 5.92. The number of carbonyl (C=O) groups is 1. The van der Waals surface area contributed by atoms with E-state index in [-0.39, 0.29) is 11.9 Å². The summed E-state index contributed by atoms with van der Waals surface area (Å²) in [6.45, 7) is 2.49. The molecule has 0 radical (unpaired) electrons. The van der Waals surface area contributed by atoms with Crippen molar-refractivity contribution in [3.8, 4) is 11.5 Å². The van der Waals surface area contributed by atoms with Crippen molar-refractivity contribution >= 4 is 5.91 Å². The maximum Gasteiger partial charge on any atom is 0.276 e. The van der Waals surface area contributed by atoms with Crippen LogP contribution in [0.4, 0.5) is 0 Å². The molecule has 1 amide bonds. The topological polar surface area (TPSA) is 64.8 Å². The van der Waals surface area contributed by atoms with Crippen molar-refractivity contribution in [3.63, 3.8) is 0 Å². The lowest BCUT2D eigenvalue weighted by molar-refractivity contribution is 0.0725. The van der Waals surface area contributed by atoms with Gasteiger partial charge in [0.1, 0.15) is 5.76 Å². The lowest BCUT2D eigenvalue weighted by Crippen LogP contribution is -2.30. The molecule has 0 spiro atoms. The number of ether oxygens (including phenoxy) is 2. The number of nitrogens with zero attached hydrogens (tertiary/aromatic N) is 2. The SMILES string of the molecule is COc1ccc(C2CCCN2C(=O)c2cc(C)on2)cc1OC. The van der Waals surface area contributed by atoms with E-state index in [0.717, 1.165) is 18.4 Å². The van der Waals surface area contributed by atoms with E-state index < -0.39 is 0 Å². The zero-order valence-corrected chi connectivity index (χ0v) is 13.5. The number of aromatic nitrogens is 1. The average molecular weight is 316 g/mol. The predicted molar refractivity (Wildman–Crippen MR) is 83.8 cm³/mol. The summed E-state index contributed by atoms with van der Waals surface area (Å²) in [6, 6.07) is 7.47. The fourth-order valence-electron chi connectivity index (χ4n) is 3.03. The van der Waals surface area contributed by atoms with Crippen LogP contribution in [0.15, 0.2) is 28.8 Å². The van der Waals surface area contributed by atoms with E-state index in [2.05, 4.69) is 5.16 Å². The van der Waals surface area contributed by atoms with Crippen molar-refractivity contribution in [1.82, 2.24) is 10.1 Å². The summed E-state index contributed by atoms with van der Waals surface area (Å²) in [5.74, 6) is 1.88. The van der Waals surface area contributed by atoms with Crippen LogP contribution in [-0.2, 0) is 0 Å². The van der Waals surface area contributed by atoms with Crippen molar-refractivity contribution in [2.24, 2.45) is 0 Å². The number of methoxy groups -OCH3 is 2. The van der Waals surface area contributed by atoms with Crippen molar-refractivity contribution in [2.45, 2.75) is 25.8 Å². The molecule has 6 heteroatoms. The fourth-order valence-corrected chi connectivity index (χ4v) is 3.03. The van der Waals surface area contributed by atoms with E-state index >= 15 is 0 Å². The summed E-state index contributed by atoms with van der Waals surface area (Å²) in [5.41, 5.74) is 1.39. The van der Waals surface area contributed by atoms with Gasteiger partial charge in [0.2, 0.25) is 0 Å². The number of aryl methyl sites for hydroxylation is 1. The minimum atomic E-state index is -0.0980. The molecule has 1 aliphatic heterocycles. The number of carbonyl (C=O) groups excluding carboxylic acids is 1. The molecule has 1 aromatic heterocycles. The lowest BCUT2D eigenvalue weighted by atomic mass is 10.0. The Kier molecular flexibility index (Phi) is 4.23. The standard InChI is InChI=1S/C17H20N2O4/c1-11-9-13(18-23-11)17(20)19-8-4-5-14(19)12-6-7-15(21-2)16(10-12)22-3/h6-7,9-10,14H,4-5,8H2,1-3H3. The third-order valence-electron chi connectivity index (χ3n) is 4.15. The third-order valence-corrected chi connectivity index (χ3v) is 4.15. The van der Waals surface area contributed by atoms with Gasteiger partial charge in [0.25, 0.3) is 5.91 Å². The highest BCUT2D eigenvalue weighted by Gasteiger charge is 2.32. The van der Waals surface area contributed by atoms with E-state index in [1.807, 2.05) is 23.1 Å². The van der Waals surface area contributed by atoms with Gasteiger partial charge in [0.15, 0.2) is 17.2 Å². The van der Waals surface area contributed by atoms with Gasteiger partial charge >= 0.3 is 0 Å². The van der Waals surface area contributed by atoms with Crippen molar-refractivity contribution in [1.29, 1.82) is 0 Å². The van der Waals surface area contributed by atoms with E-state index in [9.17, 15) is 4.79 Å². The number of amides is 1. The molecule has 1 saturated heterocycles. The second-order valence-corrected chi connectivity index (χ2v) is 5.59. The van der Waals surface area contributed by atoms with Gasteiger partial charge in [-0.05, 0) is 37.5 Å². The molecule has 0 bridgehead atoms. The molecule has 1 fully saturated rings. The van der Waals surface area contributed by atoms with Gasteiger partial charge in [-0.15, -0.1) is 0 Å². The zero-order chi connectivity index (χ0) is 16.4. The molecular formula is C17H20N2O4. The number of benzene rings is 1. The van der Waals surface area contributed by atoms with Crippen LogP contribution in [0.1, 0.15) is 40.7 Å². The smallest absolute Gasteiger partial charge is 0.276 e. The van der Waals surface area contributed by atoms with Crippen LogP contribution in [0.2, 0.25) is 0 Å². The molecule has 2 aromatic rings. The van der Waals surface area contributed by atoms with E-state index in [1.165, 1.54) is 0 Å². The molecule has 0 N–H and O–H groups in total. The van der Waals surface area contributed by atoms with Gasteiger partial charge in [-0.25, -0.2) is 0 Å². The second-order valence-electron chi connectivity index (χ2n) is 5.59. The minimum absolute atomic E-state index is 0.0133. The summed E-state index contributed by atoms with van der Waals surface area (Å²) in [7, 11) is 3.22. The Hall–Kier alpha value is -2.50. The van der Waals surface area contributed by atoms with Gasteiger partial charge in [-0.3, -0.25) is 4.79 Å². The molecular weight excluding hydrogens is 296 g/mol. The highest BCUT2D eigenvalue weighted by Crippen LogP contribution is 2.37. The van der Waals surface area contributed by atoms with E-state index in [4.69, 9.17) is 14.0 Å². The number of likely N-dealkylation sites (tertiary alicyclic amines) is 1. The summed E-state index contributed by atoms with van der Waals surface area (Å²) in [6.07, 6.45) is 1.87. The lowest BCUT2D eigenvalue weighted by Gasteiger charge is -2.24. The van der Waals surface area contributed by atoms with Gasteiger partial charge in [-0.2, -0.15) is 0 Å². The molecule has 2 heterocycles. The monoisotopic (exact) mass is 316 g/mol. The first-order chi connectivity index (χ1) is 11.1. The van der Waals surface area contributed by atoms with Crippen molar-refractivity contribution in [3.05, 3.63) is 41.3 Å². The number of hydrogen-bond acceptors (Lipinski definition) is 5. The highest BCUT2D eigenvalue weighted by atomic mass is 16.5. The molecule has 0 saturated carbocycles. The first kappa shape index (κ1) is 15.4. The maximum atomic E-state index is 12.7. The summed E-state index contributed by atoms with van der Waals surface area (Å²) in [5, 5.41) is 3.84. The van der Waals surface area contributed by atoms with Crippen LogP contribution >= 0.6 is 0 Å². The van der Waals surface area contributed by atoms with E-state index in [0.29, 0.717) is 29.5 Å². The third kappa shape index (κ3) is 2.88. The Bertz CT molecular complexity index is 710. The normalized spacial score (nSPS) is 17.3. The summed E-state index contributed by atoms with van der Waals surface area (Å²) < 4.78 is 15.7. The maximum absolute atomic E-state index is 12.7. The molecule has 122 valence electrons. The quantitative estimate of drug-likeness (QED) is 0.867. The largest absolute Gasteiger partial charge is 0.493 e. The zero-order valence-electron chi connectivity index (χ0n) is 13.5. The Balaban J connectivity index is 1.88.